The Morgan fingerprint density at radius 2 is 2.19 bits per heavy atom. The second-order valence-corrected chi connectivity index (χ2v) is 7.18. The maximum Gasteiger partial charge on any atom is 0.260 e. The first-order chi connectivity index (χ1) is 10.1. The molecule has 1 amide bonds. The van der Waals surface area contributed by atoms with Gasteiger partial charge in [-0.1, -0.05) is 6.92 Å². The van der Waals surface area contributed by atoms with E-state index in [-0.39, 0.29) is 0 Å². The molecule has 6 heteroatoms. The number of primary amides is 1. The predicted molar refractivity (Wildman–Crippen MR) is 87.9 cm³/mol. The number of hydrogen-bond donors (Lipinski definition) is 3. The number of nitrogens with two attached hydrogens (primary N) is 2. The zero-order valence-electron chi connectivity index (χ0n) is 12.5. The Labute approximate surface area is 129 Å². The van der Waals surface area contributed by atoms with Crippen molar-refractivity contribution in [2.45, 2.75) is 32.1 Å². The van der Waals surface area contributed by atoms with Gasteiger partial charge < -0.3 is 21.7 Å². The maximum absolute atomic E-state index is 11.5. The van der Waals surface area contributed by atoms with Crippen LogP contribution < -0.4 is 16.8 Å². The number of rotatable bonds is 6. The zero-order valence-corrected chi connectivity index (χ0v) is 13.3. The van der Waals surface area contributed by atoms with Crippen molar-refractivity contribution in [1.29, 1.82) is 0 Å². The van der Waals surface area contributed by atoms with Crippen LogP contribution in [0, 0.1) is 5.92 Å². The van der Waals surface area contributed by atoms with Crippen molar-refractivity contribution in [3.05, 3.63) is 10.4 Å². The monoisotopic (exact) mass is 308 g/mol. The molecule has 2 heterocycles. The van der Waals surface area contributed by atoms with Crippen LogP contribution in [0.15, 0.2) is 0 Å². The summed E-state index contributed by atoms with van der Waals surface area (Å²) >= 11 is 1.43. The third-order valence-corrected chi connectivity index (χ3v) is 5.76. The van der Waals surface area contributed by atoms with Crippen molar-refractivity contribution < 1.29 is 4.79 Å². The number of carbonyl (C=O) groups is 1. The smallest absolute Gasteiger partial charge is 0.260 e. The molecule has 1 saturated heterocycles. The summed E-state index contributed by atoms with van der Waals surface area (Å²) in [4.78, 5) is 14.5. The van der Waals surface area contributed by atoms with Crippen molar-refractivity contribution in [1.82, 2.24) is 4.90 Å². The van der Waals surface area contributed by atoms with Gasteiger partial charge in [-0.3, -0.25) is 4.79 Å². The molecule has 0 aromatic carbocycles. The summed E-state index contributed by atoms with van der Waals surface area (Å²) < 4.78 is 0. The normalized spacial score (nSPS) is 22.6. The van der Waals surface area contributed by atoms with E-state index in [1.165, 1.54) is 37.1 Å². The van der Waals surface area contributed by atoms with Gasteiger partial charge in [-0.2, -0.15) is 0 Å². The molecule has 1 aliphatic carbocycles. The van der Waals surface area contributed by atoms with Gasteiger partial charge in [0.05, 0.1) is 10.7 Å². The van der Waals surface area contributed by atoms with Crippen LogP contribution in [-0.4, -0.2) is 37.0 Å². The number of hydrogen-bond acceptors (Lipinski definition) is 5. The van der Waals surface area contributed by atoms with E-state index in [4.69, 9.17) is 11.5 Å². The van der Waals surface area contributed by atoms with Crippen LogP contribution in [0.4, 0.5) is 10.7 Å². The van der Waals surface area contributed by atoms with Crippen LogP contribution in [0.2, 0.25) is 0 Å². The van der Waals surface area contributed by atoms with Crippen molar-refractivity contribution in [2.24, 2.45) is 11.7 Å². The van der Waals surface area contributed by atoms with Gasteiger partial charge >= 0.3 is 0 Å². The van der Waals surface area contributed by atoms with Gasteiger partial charge in [-0.05, 0) is 44.2 Å². The summed E-state index contributed by atoms with van der Waals surface area (Å²) in [6.07, 6.45) is 3.57. The first-order valence-electron chi connectivity index (χ1n) is 7.78. The Bertz CT molecular complexity index is 538. The minimum atomic E-state index is -0.412. The number of likely N-dealkylation sites (tertiary alicyclic amines) is 1. The van der Waals surface area contributed by atoms with E-state index >= 15 is 0 Å². The summed E-state index contributed by atoms with van der Waals surface area (Å²) in [5, 5.41) is 4.61. The third kappa shape index (κ3) is 3.01. The number of thiophene rings is 1. The Morgan fingerprint density at radius 3 is 2.76 bits per heavy atom. The fourth-order valence-corrected chi connectivity index (χ4v) is 4.22. The van der Waals surface area contributed by atoms with E-state index in [1.54, 1.807) is 0 Å². The maximum atomic E-state index is 11.5. The summed E-state index contributed by atoms with van der Waals surface area (Å²) in [7, 11) is 0. The van der Waals surface area contributed by atoms with E-state index in [0.717, 1.165) is 30.2 Å². The Morgan fingerprint density at radius 1 is 1.43 bits per heavy atom. The fraction of sp³-hybridized carbons (Fsp3) is 0.667. The van der Waals surface area contributed by atoms with Gasteiger partial charge in [0.1, 0.15) is 4.88 Å². The lowest BCUT2D eigenvalue weighted by Gasteiger charge is -2.14. The first-order valence-corrected chi connectivity index (χ1v) is 8.60. The Hall–Kier alpha value is -1.27. The molecular formula is C15H24N4OS. The highest BCUT2D eigenvalue weighted by Crippen LogP contribution is 2.50. The van der Waals surface area contributed by atoms with Gasteiger partial charge in [0.15, 0.2) is 0 Å². The quantitative estimate of drug-likeness (QED) is 0.751. The molecular weight excluding hydrogens is 284 g/mol. The van der Waals surface area contributed by atoms with Crippen LogP contribution in [0.3, 0.4) is 0 Å². The second-order valence-electron chi connectivity index (χ2n) is 6.16. The molecule has 116 valence electrons. The molecule has 1 unspecified atom stereocenters. The van der Waals surface area contributed by atoms with Gasteiger partial charge in [0.2, 0.25) is 0 Å². The highest BCUT2D eigenvalue weighted by molar-refractivity contribution is 7.18. The van der Waals surface area contributed by atoms with Gasteiger partial charge in [-0.25, -0.2) is 0 Å². The van der Waals surface area contributed by atoms with Crippen LogP contribution in [0.5, 0.6) is 0 Å². The first kappa shape index (κ1) is 14.7. The van der Waals surface area contributed by atoms with E-state index in [2.05, 4.69) is 17.1 Å². The Kier molecular flexibility index (Phi) is 4.08. The minimum Gasteiger partial charge on any atom is -0.397 e. The molecule has 1 atom stereocenters. The van der Waals surface area contributed by atoms with Crippen molar-refractivity contribution in [2.75, 3.05) is 37.2 Å². The van der Waals surface area contributed by atoms with Gasteiger partial charge in [0, 0.05) is 18.7 Å². The average Bonchev–Trinajstić information content (AvgIpc) is 3.08. The van der Waals surface area contributed by atoms with Gasteiger partial charge in [-0.15, -0.1) is 11.3 Å². The molecule has 1 aliphatic heterocycles. The lowest BCUT2D eigenvalue weighted by molar-refractivity contribution is 0.100. The van der Waals surface area contributed by atoms with Gasteiger partial charge in [0.25, 0.3) is 5.91 Å². The molecule has 5 nitrogen and oxygen atoms in total. The van der Waals surface area contributed by atoms with E-state index in [0.29, 0.717) is 22.4 Å². The molecule has 1 aromatic rings. The Balaban J connectivity index is 1.70. The fourth-order valence-electron chi connectivity index (χ4n) is 3.15. The van der Waals surface area contributed by atoms with Crippen LogP contribution >= 0.6 is 11.3 Å². The molecule has 21 heavy (non-hydrogen) atoms. The highest BCUT2D eigenvalue weighted by atomic mass is 32.1. The topological polar surface area (TPSA) is 84.4 Å². The lowest BCUT2D eigenvalue weighted by Crippen LogP contribution is -2.22. The summed E-state index contributed by atoms with van der Waals surface area (Å²) in [6.45, 7) is 6.64. The molecule has 1 aromatic heterocycles. The number of nitrogens with one attached hydrogen (secondary N) is 1. The van der Waals surface area contributed by atoms with E-state index < -0.39 is 5.91 Å². The number of carbonyl (C=O) groups excluding carboxylic acids is 1. The number of nitrogen functional groups attached to an aromatic ring is 1. The van der Waals surface area contributed by atoms with Crippen molar-refractivity contribution in [3.8, 4) is 0 Å². The molecule has 2 fully saturated rings. The standard InChI is InChI=1S/C15H24N4OS/c1-2-19-6-5-9(8-19)7-18-15-11(10-3-4-10)12(16)13(21-15)14(17)20/h9-10,18H,2-8,16H2,1H3,(H2,17,20). The van der Waals surface area contributed by atoms with Crippen LogP contribution in [-0.2, 0) is 0 Å². The predicted octanol–water partition coefficient (Wildman–Crippen LogP) is 2.06. The molecule has 1 saturated carbocycles. The number of nitrogens with zero attached hydrogens (tertiary/aromatic N) is 1. The molecule has 5 N–H and O–H groups in total. The SMILES string of the molecule is CCN1CCC(CNc2sc(C(N)=O)c(N)c2C2CC2)C1. The zero-order chi connectivity index (χ0) is 15.0. The number of anilines is 2. The molecule has 0 radical (unpaired) electrons. The second kappa shape index (κ2) is 5.85. The summed E-state index contributed by atoms with van der Waals surface area (Å²) in [5.74, 6) is 0.787. The van der Waals surface area contributed by atoms with Crippen LogP contribution in [0.25, 0.3) is 0 Å². The third-order valence-electron chi connectivity index (χ3n) is 4.56. The molecule has 0 spiro atoms. The molecule has 3 rings (SSSR count). The lowest BCUT2D eigenvalue weighted by atomic mass is 10.1. The number of amides is 1. The average molecular weight is 308 g/mol. The molecule has 0 bridgehead atoms. The molecule has 2 aliphatic rings. The van der Waals surface area contributed by atoms with Crippen LogP contribution in [0.1, 0.15) is 47.3 Å². The van der Waals surface area contributed by atoms with Crippen molar-refractivity contribution >= 4 is 27.9 Å². The summed E-state index contributed by atoms with van der Waals surface area (Å²) in [5.41, 5.74) is 13.3. The minimum absolute atomic E-state index is 0.412. The van der Waals surface area contributed by atoms with Crippen molar-refractivity contribution in [3.63, 3.8) is 0 Å². The van der Waals surface area contributed by atoms with E-state index in [9.17, 15) is 4.79 Å². The largest absolute Gasteiger partial charge is 0.397 e. The van der Waals surface area contributed by atoms with E-state index in [1.807, 2.05) is 0 Å². The summed E-state index contributed by atoms with van der Waals surface area (Å²) in [6, 6.07) is 0. The highest BCUT2D eigenvalue weighted by Gasteiger charge is 2.33.